The molecule has 1 amide bonds. The first-order valence-electron chi connectivity index (χ1n) is 6.56. The number of anilines is 1. The second-order valence-corrected chi connectivity index (χ2v) is 6.02. The van der Waals surface area contributed by atoms with Crippen LogP contribution in [0.15, 0.2) is 34.9 Å². The third kappa shape index (κ3) is 2.27. The molecule has 0 N–H and O–H groups in total. The third-order valence-corrected chi connectivity index (χ3v) is 4.10. The van der Waals surface area contributed by atoms with Crippen molar-refractivity contribution in [2.24, 2.45) is 0 Å². The van der Waals surface area contributed by atoms with Crippen LogP contribution in [-0.2, 0) is 11.3 Å². The van der Waals surface area contributed by atoms with Gasteiger partial charge in [-0.2, -0.15) is 0 Å². The van der Waals surface area contributed by atoms with Gasteiger partial charge < -0.3 is 0 Å². The van der Waals surface area contributed by atoms with Crippen molar-refractivity contribution in [3.63, 3.8) is 0 Å². The molecule has 2 heterocycles. The molecule has 1 aliphatic heterocycles. The maximum Gasteiger partial charge on any atom is 0.299 e. The molecular formula is C16H13BrN2O2. The van der Waals surface area contributed by atoms with Crippen LogP contribution in [0.3, 0.4) is 0 Å². The van der Waals surface area contributed by atoms with Gasteiger partial charge >= 0.3 is 0 Å². The van der Waals surface area contributed by atoms with Crippen molar-refractivity contribution < 1.29 is 9.59 Å². The molecule has 1 aromatic heterocycles. The van der Waals surface area contributed by atoms with Gasteiger partial charge in [-0.3, -0.25) is 19.5 Å². The van der Waals surface area contributed by atoms with Crippen LogP contribution >= 0.6 is 15.9 Å². The standard InChI is InChI=1S/C16H13BrN2O2/c1-9-4-3-5-18-13(9)8-19-14-10(2)6-11(17)7-12(14)15(20)16(19)21/h3-7H,8H2,1-2H3. The second kappa shape index (κ2) is 5.07. The number of benzene rings is 1. The fourth-order valence-electron chi connectivity index (χ4n) is 2.59. The average molecular weight is 345 g/mol. The summed E-state index contributed by atoms with van der Waals surface area (Å²) in [6, 6.07) is 7.41. The number of aromatic nitrogens is 1. The number of hydrogen-bond acceptors (Lipinski definition) is 3. The van der Waals surface area contributed by atoms with E-state index >= 15 is 0 Å². The molecule has 3 rings (SSSR count). The number of rotatable bonds is 2. The Morgan fingerprint density at radius 2 is 1.95 bits per heavy atom. The van der Waals surface area contributed by atoms with Gasteiger partial charge in [-0.15, -0.1) is 0 Å². The Labute approximate surface area is 130 Å². The summed E-state index contributed by atoms with van der Waals surface area (Å²) in [5, 5.41) is 0. The van der Waals surface area contributed by atoms with Crippen LogP contribution in [0.1, 0.15) is 27.2 Å². The van der Waals surface area contributed by atoms with Gasteiger partial charge in [0.25, 0.3) is 11.7 Å². The number of hydrogen-bond donors (Lipinski definition) is 0. The molecule has 0 radical (unpaired) electrons. The van der Waals surface area contributed by atoms with Gasteiger partial charge in [-0.05, 0) is 43.2 Å². The molecular weight excluding hydrogens is 332 g/mol. The number of fused-ring (bicyclic) bond motifs is 1. The molecule has 0 bridgehead atoms. The first kappa shape index (κ1) is 13.9. The average Bonchev–Trinajstić information content (AvgIpc) is 2.67. The number of nitrogens with zero attached hydrogens (tertiary/aromatic N) is 2. The molecule has 0 atom stereocenters. The largest absolute Gasteiger partial charge is 0.299 e. The van der Waals surface area contributed by atoms with E-state index in [0.717, 1.165) is 21.3 Å². The molecule has 0 saturated heterocycles. The molecule has 0 spiro atoms. The van der Waals surface area contributed by atoms with E-state index in [2.05, 4.69) is 20.9 Å². The molecule has 106 valence electrons. The Balaban J connectivity index is 2.08. The van der Waals surface area contributed by atoms with Gasteiger partial charge in [0.1, 0.15) is 0 Å². The van der Waals surface area contributed by atoms with Crippen molar-refractivity contribution in [1.82, 2.24) is 4.98 Å². The highest BCUT2D eigenvalue weighted by molar-refractivity contribution is 9.10. The van der Waals surface area contributed by atoms with E-state index in [-0.39, 0.29) is 0 Å². The minimum atomic E-state index is -0.490. The number of aryl methyl sites for hydroxylation is 2. The third-order valence-electron chi connectivity index (χ3n) is 3.64. The summed E-state index contributed by atoms with van der Waals surface area (Å²) < 4.78 is 0.802. The summed E-state index contributed by atoms with van der Waals surface area (Å²) in [5.41, 5.74) is 3.85. The van der Waals surface area contributed by atoms with E-state index in [1.165, 1.54) is 4.90 Å². The van der Waals surface area contributed by atoms with E-state index < -0.39 is 11.7 Å². The summed E-state index contributed by atoms with van der Waals surface area (Å²) in [5.74, 6) is -0.945. The summed E-state index contributed by atoms with van der Waals surface area (Å²) in [6.07, 6.45) is 1.69. The Kier molecular flexibility index (Phi) is 3.37. The topological polar surface area (TPSA) is 50.3 Å². The number of carbonyl (C=O) groups excluding carboxylic acids is 2. The van der Waals surface area contributed by atoms with Crippen molar-refractivity contribution in [2.45, 2.75) is 20.4 Å². The SMILES string of the molecule is Cc1cccnc1CN1C(=O)C(=O)c2cc(Br)cc(C)c21. The Hall–Kier alpha value is -2.01. The molecule has 21 heavy (non-hydrogen) atoms. The van der Waals surface area contributed by atoms with Crippen LogP contribution < -0.4 is 4.90 Å². The van der Waals surface area contributed by atoms with Gasteiger partial charge in [-0.25, -0.2) is 0 Å². The van der Waals surface area contributed by atoms with Crippen molar-refractivity contribution in [3.8, 4) is 0 Å². The Bertz CT molecular complexity index is 771. The van der Waals surface area contributed by atoms with E-state index in [9.17, 15) is 9.59 Å². The number of Topliss-reactive ketones (excluding diaryl/α,β-unsaturated/α-hetero) is 1. The van der Waals surface area contributed by atoms with Crippen LogP contribution in [0.4, 0.5) is 5.69 Å². The van der Waals surface area contributed by atoms with Crippen LogP contribution in [0.25, 0.3) is 0 Å². The van der Waals surface area contributed by atoms with Crippen LogP contribution in [-0.4, -0.2) is 16.7 Å². The zero-order chi connectivity index (χ0) is 15.1. The fraction of sp³-hybridized carbons (Fsp3) is 0.188. The monoisotopic (exact) mass is 344 g/mol. The summed E-state index contributed by atoms with van der Waals surface area (Å²) in [6.45, 7) is 4.15. The molecule has 1 aliphatic rings. The summed E-state index contributed by atoms with van der Waals surface area (Å²) in [7, 11) is 0. The van der Waals surface area contributed by atoms with Gasteiger partial charge in [0.2, 0.25) is 0 Å². The molecule has 0 fully saturated rings. The Morgan fingerprint density at radius 1 is 1.19 bits per heavy atom. The molecule has 5 heteroatoms. The lowest BCUT2D eigenvalue weighted by Gasteiger charge is -2.19. The number of halogens is 1. The lowest BCUT2D eigenvalue weighted by Crippen LogP contribution is -2.30. The molecule has 0 saturated carbocycles. The maximum atomic E-state index is 12.3. The van der Waals surface area contributed by atoms with Crippen LogP contribution in [0.2, 0.25) is 0 Å². The molecule has 4 nitrogen and oxygen atoms in total. The first-order chi connectivity index (χ1) is 9.99. The number of pyridine rings is 1. The van der Waals surface area contributed by atoms with E-state index in [1.807, 2.05) is 32.0 Å². The smallest absolute Gasteiger partial charge is 0.298 e. The molecule has 2 aromatic rings. The van der Waals surface area contributed by atoms with Crippen molar-refractivity contribution in [3.05, 3.63) is 57.3 Å². The summed E-state index contributed by atoms with van der Waals surface area (Å²) >= 11 is 3.37. The maximum absolute atomic E-state index is 12.3. The van der Waals surface area contributed by atoms with Crippen LogP contribution in [0.5, 0.6) is 0 Å². The zero-order valence-electron chi connectivity index (χ0n) is 11.7. The van der Waals surface area contributed by atoms with Gasteiger partial charge in [0.05, 0.1) is 23.5 Å². The zero-order valence-corrected chi connectivity index (χ0v) is 13.3. The number of amides is 1. The number of carbonyl (C=O) groups is 2. The fourth-order valence-corrected chi connectivity index (χ4v) is 3.16. The molecule has 1 aromatic carbocycles. The predicted molar refractivity (Wildman–Crippen MR) is 83.4 cm³/mol. The molecule has 0 aliphatic carbocycles. The Morgan fingerprint density at radius 3 is 2.67 bits per heavy atom. The quantitative estimate of drug-likeness (QED) is 0.786. The second-order valence-electron chi connectivity index (χ2n) is 5.11. The highest BCUT2D eigenvalue weighted by Crippen LogP contribution is 2.35. The lowest BCUT2D eigenvalue weighted by molar-refractivity contribution is -0.114. The number of ketones is 1. The molecule has 0 unspecified atom stereocenters. The van der Waals surface area contributed by atoms with Crippen molar-refractivity contribution in [1.29, 1.82) is 0 Å². The van der Waals surface area contributed by atoms with Gasteiger partial charge in [0, 0.05) is 10.7 Å². The minimum Gasteiger partial charge on any atom is -0.298 e. The minimum absolute atomic E-state index is 0.312. The van der Waals surface area contributed by atoms with Gasteiger partial charge in [0.15, 0.2) is 0 Å². The highest BCUT2D eigenvalue weighted by Gasteiger charge is 2.37. The van der Waals surface area contributed by atoms with Crippen molar-refractivity contribution in [2.75, 3.05) is 4.90 Å². The van der Waals surface area contributed by atoms with Crippen LogP contribution in [0, 0.1) is 13.8 Å². The first-order valence-corrected chi connectivity index (χ1v) is 7.35. The van der Waals surface area contributed by atoms with E-state index in [0.29, 0.717) is 17.8 Å². The predicted octanol–water partition coefficient (Wildman–Crippen LogP) is 3.19. The highest BCUT2D eigenvalue weighted by atomic mass is 79.9. The lowest BCUT2D eigenvalue weighted by atomic mass is 10.1. The van der Waals surface area contributed by atoms with E-state index in [1.54, 1.807) is 12.3 Å². The summed E-state index contributed by atoms with van der Waals surface area (Å²) in [4.78, 5) is 30.3. The van der Waals surface area contributed by atoms with Gasteiger partial charge in [-0.1, -0.05) is 22.0 Å². The normalized spacial score (nSPS) is 13.8. The van der Waals surface area contributed by atoms with E-state index in [4.69, 9.17) is 0 Å². The van der Waals surface area contributed by atoms with Crippen molar-refractivity contribution >= 4 is 33.3 Å².